The molecule has 2 aliphatic heterocycles. The molecule has 2 N–H and O–H groups in total. The maximum Gasteiger partial charge on any atom is 0.321 e. The molecule has 182 valence electrons. The van der Waals surface area contributed by atoms with Gasteiger partial charge in [0.15, 0.2) is 0 Å². The minimum atomic E-state index is -0.336. The first-order valence-corrected chi connectivity index (χ1v) is 12.2. The molecule has 0 saturated carbocycles. The number of piperidine rings is 1. The van der Waals surface area contributed by atoms with Crippen LogP contribution in [0.3, 0.4) is 0 Å². The van der Waals surface area contributed by atoms with Gasteiger partial charge in [-0.3, -0.25) is 9.69 Å². The molecule has 0 radical (unpaired) electrons. The second-order valence-corrected chi connectivity index (χ2v) is 9.09. The van der Waals surface area contributed by atoms with E-state index >= 15 is 0 Å². The van der Waals surface area contributed by atoms with Crippen molar-refractivity contribution < 1.29 is 14.0 Å². The van der Waals surface area contributed by atoms with Gasteiger partial charge in [-0.05, 0) is 61.3 Å². The van der Waals surface area contributed by atoms with Crippen molar-refractivity contribution in [2.45, 2.75) is 26.3 Å². The maximum atomic E-state index is 13.0. The highest BCUT2D eigenvalue weighted by molar-refractivity contribution is 5.93. The van der Waals surface area contributed by atoms with Gasteiger partial charge in [-0.2, -0.15) is 0 Å². The lowest BCUT2D eigenvalue weighted by atomic mass is 9.96. The van der Waals surface area contributed by atoms with Crippen LogP contribution in [0.1, 0.15) is 25.3 Å². The highest BCUT2D eigenvalue weighted by atomic mass is 19.1. The molecule has 2 aliphatic rings. The molecule has 2 saturated heterocycles. The minimum Gasteiger partial charge on any atom is -0.326 e. The summed E-state index contributed by atoms with van der Waals surface area (Å²) in [6.45, 7) is 9.71. The summed E-state index contributed by atoms with van der Waals surface area (Å²) in [6.07, 6.45) is 1.20. The van der Waals surface area contributed by atoms with Crippen LogP contribution in [0.25, 0.3) is 0 Å². The van der Waals surface area contributed by atoms with Crippen molar-refractivity contribution in [2.24, 2.45) is 5.92 Å². The Hall–Kier alpha value is -2.97. The van der Waals surface area contributed by atoms with Crippen molar-refractivity contribution in [2.75, 3.05) is 56.4 Å². The topological polar surface area (TPSA) is 67.9 Å². The van der Waals surface area contributed by atoms with E-state index in [-0.39, 0.29) is 23.7 Å². The Morgan fingerprint density at radius 2 is 1.38 bits per heavy atom. The molecule has 0 atom stereocenters. The molecule has 4 rings (SSSR count). The lowest BCUT2D eigenvalue weighted by molar-refractivity contribution is -0.121. The summed E-state index contributed by atoms with van der Waals surface area (Å²) in [5.41, 5.74) is 2.61. The van der Waals surface area contributed by atoms with Gasteiger partial charge in [-0.1, -0.05) is 19.1 Å². The monoisotopic (exact) mass is 467 g/mol. The average molecular weight is 468 g/mol. The molecule has 2 aromatic rings. The van der Waals surface area contributed by atoms with Gasteiger partial charge in [-0.25, -0.2) is 9.18 Å². The van der Waals surface area contributed by atoms with E-state index in [1.807, 2.05) is 12.1 Å². The highest BCUT2D eigenvalue weighted by Gasteiger charge is 2.27. The zero-order valence-corrected chi connectivity index (χ0v) is 19.8. The number of amides is 3. The van der Waals surface area contributed by atoms with Crippen molar-refractivity contribution >= 4 is 23.3 Å². The van der Waals surface area contributed by atoms with Gasteiger partial charge in [0, 0.05) is 63.1 Å². The molecule has 8 heteroatoms. The molecule has 2 heterocycles. The van der Waals surface area contributed by atoms with E-state index in [1.165, 1.54) is 17.7 Å². The van der Waals surface area contributed by atoms with Gasteiger partial charge in [0.05, 0.1) is 0 Å². The second kappa shape index (κ2) is 11.4. The van der Waals surface area contributed by atoms with E-state index in [0.717, 1.165) is 45.0 Å². The zero-order valence-electron chi connectivity index (χ0n) is 19.8. The molecule has 0 aromatic heterocycles. The van der Waals surface area contributed by atoms with E-state index in [9.17, 15) is 14.0 Å². The average Bonchev–Trinajstić information content (AvgIpc) is 2.87. The Bertz CT molecular complexity index is 950. The van der Waals surface area contributed by atoms with Crippen LogP contribution in [0.15, 0.2) is 48.5 Å². The van der Waals surface area contributed by atoms with Gasteiger partial charge < -0.3 is 20.4 Å². The van der Waals surface area contributed by atoms with Gasteiger partial charge >= 0.3 is 6.03 Å². The van der Waals surface area contributed by atoms with Crippen LogP contribution in [-0.2, 0) is 11.3 Å². The van der Waals surface area contributed by atoms with Gasteiger partial charge in [-0.15, -0.1) is 0 Å². The number of hydrogen-bond donors (Lipinski definition) is 2. The van der Waals surface area contributed by atoms with Crippen molar-refractivity contribution in [3.05, 3.63) is 59.9 Å². The van der Waals surface area contributed by atoms with E-state index < -0.39 is 0 Å². The van der Waals surface area contributed by atoms with Crippen LogP contribution in [-0.4, -0.2) is 72.5 Å². The van der Waals surface area contributed by atoms with Crippen LogP contribution in [0.4, 0.5) is 20.6 Å². The molecule has 3 amide bonds. The van der Waals surface area contributed by atoms with Crippen molar-refractivity contribution in [3.63, 3.8) is 0 Å². The summed E-state index contributed by atoms with van der Waals surface area (Å²) in [5, 5.41) is 5.81. The van der Waals surface area contributed by atoms with Crippen LogP contribution >= 0.6 is 0 Å². The van der Waals surface area contributed by atoms with E-state index in [4.69, 9.17) is 0 Å². The molecular weight excluding hydrogens is 433 g/mol. The largest absolute Gasteiger partial charge is 0.326 e. The molecular formula is C26H34FN5O2. The summed E-state index contributed by atoms with van der Waals surface area (Å²) in [7, 11) is 0. The quantitative estimate of drug-likeness (QED) is 0.677. The third kappa shape index (κ3) is 6.55. The molecule has 34 heavy (non-hydrogen) atoms. The Morgan fingerprint density at radius 1 is 0.824 bits per heavy atom. The van der Waals surface area contributed by atoms with E-state index in [0.29, 0.717) is 31.6 Å². The lowest BCUT2D eigenvalue weighted by Crippen LogP contribution is -2.45. The number of carbonyl (C=O) groups is 2. The molecule has 0 bridgehead atoms. The smallest absolute Gasteiger partial charge is 0.321 e. The first-order chi connectivity index (χ1) is 16.5. The number of halogens is 1. The fourth-order valence-electron chi connectivity index (χ4n) is 4.54. The predicted molar refractivity (Wildman–Crippen MR) is 132 cm³/mol. The van der Waals surface area contributed by atoms with Crippen LogP contribution < -0.4 is 10.6 Å². The Kier molecular flexibility index (Phi) is 8.13. The van der Waals surface area contributed by atoms with E-state index in [1.54, 1.807) is 17.0 Å². The maximum absolute atomic E-state index is 13.0. The summed E-state index contributed by atoms with van der Waals surface area (Å²) < 4.78 is 13.0. The van der Waals surface area contributed by atoms with Crippen LogP contribution in [0.2, 0.25) is 0 Å². The zero-order chi connectivity index (χ0) is 23.9. The summed E-state index contributed by atoms with van der Waals surface area (Å²) in [4.78, 5) is 31.9. The minimum absolute atomic E-state index is 0.0848. The van der Waals surface area contributed by atoms with Crippen LogP contribution in [0.5, 0.6) is 0 Å². The van der Waals surface area contributed by atoms with Gasteiger partial charge in [0.1, 0.15) is 5.82 Å². The summed E-state index contributed by atoms with van der Waals surface area (Å²) in [5.74, 6) is -0.580. The summed E-state index contributed by atoms with van der Waals surface area (Å²) >= 11 is 0. The number of carbonyl (C=O) groups excluding carboxylic acids is 2. The number of likely N-dealkylation sites (N-methyl/N-ethyl adjacent to an activating group) is 1. The number of piperazine rings is 1. The Balaban J connectivity index is 1.20. The molecule has 0 unspecified atom stereocenters. The third-order valence-corrected chi connectivity index (χ3v) is 6.79. The fraction of sp³-hybridized carbons (Fsp3) is 0.462. The van der Waals surface area contributed by atoms with Crippen LogP contribution in [0, 0.1) is 11.7 Å². The number of rotatable bonds is 6. The summed E-state index contributed by atoms with van der Waals surface area (Å²) in [6, 6.07) is 13.7. The Labute approximate surface area is 200 Å². The number of nitrogens with one attached hydrogen (secondary N) is 2. The molecule has 7 nitrogen and oxygen atoms in total. The van der Waals surface area contributed by atoms with Gasteiger partial charge in [0.25, 0.3) is 0 Å². The van der Waals surface area contributed by atoms with Crippen molar-refractivity contribution in [1.82, 2.24) is 14.7 Å². The molecule has 2 aromatic carbocycles. The Morgan fingerprint density at radius 3 is 2.00 bits per heavy atom. The molecule has 0 aliphatic carbocycles. The first kappa shape index (κ1) is 24.2. The highest BCUT2D eigenvalue weighted by Crippen LogP contribution is 2.21. The number of benzene rings is 2. The molecule has 2 fully saturated rings. The standard InChI is InChI=1S/C26H34FN5O2/c1-2-30-15-17-31(18-16-30)19-20-3-7-24(8-4-20)29-26(34)32-13-11-21(12-14-32)25(33)28-23-9-5-22(27)6-10-23/h3-10,21H,2,11-19H2,1H3,(H,28,33)(H,29,34). The van der Waals surface area contributed by atoms with Gasteiger partial charge in [0.2, 0.25) is 5.91 Å². The SMILES string of the molecule is CCN1CCN(Cc2ccc(NC(=O)N3CCC(C(=O)Nc4ccc(F)cc4)CC3)cc2)CC1. The number of likely N-dealkylation sites (tertiary alicyclic amines) is 1. The van der Waals surface area contributed by atoms with E-state index in [2.05, 4.69) is 39.5 Å². The van der Waals surface area contributed by atoms with Crippen molar-refractivity contribution in [1.29, 1.82) is 0 Å². The lowest BCUT2D eigenvalue weighted by Gasteiger charge is -2.34. The van der Waals surface area contributed by atoms with Crippen molar-refractivity contribution in [3.8, 4) is 0 Å². The normalized spacial score (nSPS) is 18.0. The fourth-order valence-corrected chi connectivity index (χ4v) is 4.54. The number of nitrogens with zero attached hydrogens (tertiary/aromatic N) is 3. The number of urea groups is 1. The number of hydrogen-bond acceptors (Lipinski definition) is 4. The predicted octanol–water partition coefficient (Wildman–Crippen LogP) is 3.85. The number of anilines is 2. The third-order valence-electron chi connectivity index (χ3n) is 6.79. The molecule has 0 spiro atoms. The first-order valence-electron chi connectivity index (χ1n) is 12.2. The second-order valence-electron chi connectivity index (χ2n) is 9.09.